The molecule has 1 fully saturated rings. The molecule has 2 aliphatic heterocycles. The van der Waals surface area contributed by atoms with E-state index >= 15 is 0 Å². The van der Waals surface area contributed by atoms with Crippen LogP contribution in [0.1, 0.15) is 27.0 Å². The van der Waals surface area contributed by atoms with Crippen molar-refractivity contribution in [2.24, 2.45) is 0 Å². The van der Waals surface area contributed by atoms with E-state index in [9.17, 15) is 9.18 Å². The molecule has 1 saturated heterocycles. The van der Waals surface area contributed by atoms with Crippen LogP contribution < -0.4 is 9.47 Å². The Labute approximate surface area is 193 Å². The second-order valence-electron chi connectivity index (χ2n) is 7.88. The fourth-order valence-electron chi connectivity index (χ4n) is 3.97. The van der Waals surface area contributed by atoms with Crippen molar-refractivity contribution in [2.75, 3.05) is 26.3 Å². The van der Waals surface area contributed by atoms with Crippen LogP contribution in [0.5, 0.6) is 11.5 Å². The Morgan fingerprint density at radius 1 is 0.938 bits per heavy atom. The Balaban J connectivity index is 1.56. The van der Waals surface area contributed by atoms with E-state index in [-0.39, 0.29) is 17.2 Å². The lowest BCUT2D eigenvalue weighted by atomic mass is 9.96. The lowest BCUT2D eigenvalue weighted by Gasteiger charge is -2.29. The molecule has 32 heavy (non-hydrogen) atoms. The van der Waals surface area contributed by atoms with Gasteiger partial charge < -0.3 is 19.1 Å². The highest BCUT2D eigenvalue weighted by atomic mass is 79.9. The van der Waals surface area contributed by atoms with Crippen LogP contribution in [0.2, 0.25) is 0 Å². The maximum atomic E-state index is 15.0. The summed E-state index contributed by atoms with van der Waals surface area (Å²) in [7, 11) is 0. The molecular formula is C25H21BrFNO4. The number of benzene rings is 3. The molecule has 0 N–H and O–H groups in total. The van der Waals surface area contributed by atoms with E-state index in [0.717, 1.165) is 21.2 Å². The van der Waals surface area contributed by atoms with Crippen molar-refractivity contribution >= 4 is 21.8 Å². The number of carbonyl (C=O) groups excluding carboxylic acids is 1. The third-order valence-corrected chi connectivity index (χ3v) is 6.25. The van der Waals surface area contributed by atoms with E-state index in [0.29, 0.717) is 32.1 Å². The zero-order valence-corrected chi connectivity index (χ0v) is 19.0. The number of ether oxygens (including phenoxy) is 3. The first-order valence-electron chi connectivity index (χ1n) is 10.4. The number of hydrogen-bond acceptors (Lipinski definition) is 4. The third kappa shape index (κ3) is 3.65. The van der Waals surface area contributed by atoms with Crippen molar-refractivity contribution in [1.29, 1.82) is 0 Å². The summed E-state index contributed by atoms with van der Waals surface area (Å²) >= 11 is 3.46. The van der Waals surface area contributed by atoms with Crippen LogP contribution in [0.4, 0.5) is 4.39 Å². The van der Waals surface area contributed by atoms with Gasteiger partial charge in [0.05, 0.1) is 18.8 Å². The van der Waals surface area contributed by atoms with Gasteiger partial charge >= 0.3 is 5.79 Å². The number of fused-ring (bicyclic) bond motifs is 1. The molecule has 0 spiro atoms. The summed E-state index contributed by atoms with van der Waals surface area (Å²) in [4.78, 5) is 14.5. The van der Waals surface area contributed by atoms with Crippen molar-refractivity contribution in [2.45, 2.75) is 12.7 Å². The van der Waals surface area contributed by atoms with Gasteiger partial charge in [0.1, 0.15) is 5.82 Å². The molecule has 0 saturated carbocycles. The monoisotopic (exact) mass is 497 g/mol. The molecule has 5 nitrogen and oxygen atoms in total. The van der Waals surface area contributed by atoms with E-state index in [2.05, 4.69) is 15.9 Å². The molecule has 1 unspecified atom stereocenters. The first kappa shape index (κ1) is 21.0. The third-order valence-electron chi connectivity index (χ3n) is 5.73. The second kappa shape index (κ2) is 8.22. The number of morpholine rings is 1. The number of nitrogens with zero attached hydrogens (tertiary/aromatic N) is 1. The van der Waals surface area contributed by atoms with Crippen molar-refractivity contribution in [3.05, 3.63) is 93.2 Å². The fourth-order valence-corrected chi connectivity index (χ4v) is 4.23. The van der Waals surface area contributed by atoms with Gasteiger partial charge in [0.15, 0.2) is 11.5 Å². The first-order valence-corrected chi connectivity index (χ1v) is 11.2. The number of hydrogen-bond donors (Lipinski definition) is 0. The molecule has 164 valence electrons. The van der Waals surface area contributed by atoms with Gasteiger partial charge in [-0.15, -0.1) is 0 Å². The lowest BCUT2D eigenvalue weighted by molar-refractivity contribution is -0.0459. The predicted octanol–water partition coefficient (Wildman–Crippen LogP) is 5.04. The largest absolute Gasteiger partial charge is 0.440 e. The Kier molecular flexibility index (Phi) is 5.39. The van der Waals surface area contributed by atoms with Gasteiger partial charge in [-0.25, -0.2) is 4.39 Å². The van der Waals surface area contributed by atoms with Gasteiger partial charge in [0.2, 0.25) is 0 Å². The minimum absolute atomic E-state index is 0.0373. The molecule has 5 rings (SSSR count). The highest BCUT2D eigenvalue weighted by Crippen LogP contribution is 2.48. The quantitative estimate of drug-likeness (QED) is 0.508. The summed E-state index contributed by atoms with van der Waals surface area (Å²) in [6, 6.07) is 18.1. The number of carbonyl (C=O) groups is 1. The van der Waals surface area contributed by atoms with E-state index in [1.807, 2.05) is 55.5 Å². The van der Waals surface area contributed by atoms with E-state index in [1.54, 1.807) is 4.90 Å². The van der Waals surface area contributed by atoms with Gasteiger partial charge in [0, 0.05) is 34.8 Å². The van der Waals surface area contributed by atoms with Crippen LogP contribution in [-0.2, 0) is 10.5 Å². The fraction of sp³-hybridized carbons (Fsp3) is 0.240. The molecule has 2 heterocycles. The number of aryl methyl sites for hydroxylation is 1. The van der Waals surface area contributed by atoms with Crippen molar-refractivity contribution in [3.63, 3.8) is 0 Å². The Hall–Kier alpha value is -2.90. The van der Waals surface area contributed by atoms with E-state index < -0.39 is 11.6 Å². The zero-order valence-electron chi connectivity index (χ0n) is 17.4. The Morgan fingerprint density at radius 3 is 2.12 bits per heavy atom. The summed E-state index contributed by atoms with van der Waals surface area (Å²) in [6.07, 6.45) is 0. The molecule has 0 aliphatic carbocycles. The molecule has 0 aromatic heterocycles. The van der Waals surface area contributed by atoms with Crippen molar-refractivity contribution in [1.82, 2.24) is 4.90 Å². The second-order valence-corrected chi connectivity index (χ2v) is 8.79. The Morgan fingerprint density at radius 2 is 1.50 bits per heavy atom. The molecule has 3 aromatic carbocycles. The Bertz CT molecular complexity index is 1110. The minimum atomic E-state index is -1.29. The van der Waals surface area contributed by atoms with Crippen LogP contribution >= 0.6 is 15.9 Å². The molecule has 2 aliphatic rings. The van der Waals surface area contributed by atoms with Crippen LogP contribution in [0.15, 0.2) is 65.1 Å². The van der Waals surface area contributed by atoms with E-state index in [1.165, 1.54) is 12.1 Å². The van der Waals surface area contributed by atoms with Gasteiger partial charge in [-0.05, 0) is 37.3 Å². The highest BCUT2D eigenvalue weighted by molar-refractivity contribution is 9.10. The van der Waals surface area contributed by atoms with Gasteiger partial charge in [-0.1, -0.05) is 45.8 Å². The summed E-state index contributed by atoms with van der Waals surface area (Å²) in [5, 5.41) is 0. The standard InChI is InChI=1S/C25H21BrFNO4/c1-16-2-4-17(5-3-16)25(18-6-8-19(26)9-7-18)31-22-14-20(21(27)15-23(22)32-25)24(29)28-10-12-30-13-11-28/h2-9,14-15H,10-13H2,1H3. The maximum Gasteiger partial charge on any atom is 0.305 e. The summed E-state index contributed by atoms with van der Waals surface area (Å²) in [5.41, 5.74) is 2.58. The van der Waals surface area contributed by atoms with Crippen LogP contribution in [0, 0.1) is 12.7 Å². The zero-order chi connectivity index (χ0) is 22.3. The summed E-state index contributed by atoms with van der Waals surface area (Å²) < 4.78 is 33.9. The molecular weight excluding hydrogens is 477 g/mol. The normalized spacial score (nSPS) is 19.8. The number of rotatable bonds is 3. The SMILES string of the molecule is Cc1ccc(C2(c3ccc(Br)cc3)Oc3cc(F)c(C(=O)N4CCOCC4)cc3O2)cc1. The highest BCUT2D eigenvalue weighted by Gasteiger charge is 2.46. The number of amides is 1. The molecule has 1 atom stereocenters. The predicted molar refractivity (Wildman–Crippen MR) is 120 cm³/mol. The first-order chi connectivity index (χ1) is 15.5. The summed E-state index contributed by atoms with van der Waals surface area (Å²) in [6.45, 7) is 3.74. The summed E-state index contributed by atoms with van der Waals surface area (Å²) in [5.74, 6) is -1.73. The number of halogens is 2. The molecule has 1 amide bonds. The van der Waals surface area contributed by atoms with Crippen LogP contribution in [0.25, 0.3) is 0 Å². The van der Waals surface area contributed by atoms with Crippen molar-refractivity contribution in [3.8, 4) is 11.5 Å². The van der Waals surface area contributed by atoms with E-state index in [4.69, 9.17) is 14.2 Å². The smallest absolute Gasteiger partial charge is 0.305 e. The maximum absolute atomic E-state index is 15.0. The van der Waals surface area contributed by atoms with Gasteiger partial charge in [0.25, 0.3) is 5.91 Å². The molecule has 0 bridgehead atoms. The molecule has 7 heteroatoms. The van der Waals surface area contributed by atoms with Gasteiger partial charge in [-0.2, -0.15) is 0 Å². The molecule has 3 aromatic rings. The van der Waals surface area contributed by atoms with Crippen molar-refractivity contribution < 1.29 is 23.4 Å². The van der Waals surface area contributed by atoms with Crippen LogP contribution in [-0.4, -0.2) is 37.1 Å². The minimum Gasteiger partial charge on any atom is -0.440 e. The lowest BCUT2D eigenvalue weighted by Crippen LogP contribution is -2.41. The average Bonchev–Trinajstić information content (AvgIpc) is 3.19. The van der Waals surface area contributed by atoms with Crippen LogP contribution in [0.3, 0.4) is 0 Å². The topological polar surface area (TPSA) is 48.0 Å². The molecule has 0 radical (unpaired) electrons. The van der Waals surface area contributed by atoms with Gasteiger partial charge in [-0.3, -0.25) is 4.79 Å². The average molecular weight is 498 g/mol.